The first-order valence-corrected chi connectivity index (χ1v) is 8.22. The molecule has 0 spiro atoms. The molecule has 0 saturated carbocycles. The summed E-state index contributed by atoms with van der Waals surface area (Å²) in [5, 5.41) is 16.0. The van der Waals surface area contributed by atoms with Crippen LogP contribution >= 0.6 is 0 Å². The maximum atomic E-state index is 9.27. The number of ether oxygens (including phenoxy) is 1. The molecule has 1 fully saturated rings. The van der Waals surface area contributed by atoms with Gasteiger partial charge in [-0.1, -0.05) is 6.07 Å². The van der Waals surface area contributed by atoms with Crippen molar-refractivity contribution >= 4 is 5.96 Å². The summed E-state index contributed by atoms with van der Waals surface area (Å²) in [6, 6.07) is 4.13. The van der Waals surface area contributed by atoms with Gasteiger partial charge in [-0.05, 0) is 37.8 Å². The van der Waals surface area contributed by atoms with Gasteiger partial charge < -0.3 is 20.5 Å². The number of aliphatic imine (C=N–C) groups is 1. The zero-order chi connectivity index (χ0) is 16.5. The molecule has 0 bridgehead atoms. The smallest absolute Gasteiger partial charge is 0.191 e. The second-order valence-corrected chi connectivity index (χ2v) is 6.19. The summed E-state index contributed by atoms with van der Waals surface area (Å²) in [5.41, 5.74) is 2.26. The van der Waals surface area contributed by atoms with E-state index in [0.717, 1.165) is 50.6 Å². The Kier molecular flexibility index (Phi) is 6.80. The maximum Gasteiger partial charge on any atom is 0.191 e. The first-order chi connectivity index (χ1) is 11.2. The van der Waals surface area contributed by atoms with Crippen molar-refractivity contribution in [2.45, 2.75) is 26.2 Å². The molecule has 1 aliphatic rings. The van der Waals surface area contributed by atoms with Crippen molar-refractivity contribution in [3.05, 3.63) is 29.6 Å². The first kappa shape index (κ1) is 17.7. The van der Waals surface area contributed by atoms with Gasteiger partial charge in [-0.3, -0.25) is 9.98 Å². The van der Waals surface area contributed by atoms with E-state index in [0.29, 0.717) is 6.61 Å². The van der Waals surface area contributed by atoms with Crippen molar-refractivity contribution in [2.24, 2.45) is 10.4 Å². The van der Waals surface area contributed by atoms with Gasteiger partial charge in [-0.2, -0.15) is 0 Å². The Labute approximate surface area is 138 Å². The molecule has 1 aromatic rings. The molecule has 128 valence electrons. The molecule has 2 heterocycles. The largest absolute Gasteiger partial charge is 0.396 e. The molecule has 0 radical (unpaired) electrons. The fourth-order valence-electron chi connectivity index (χ4n) is 2.78. The van der Waals surface area contributed by atoms with Crippen LogP contribution in [0.25, 0.3) is 0 Å². The normalized spacial score (nSPS) is 21.4. The van der Waals surface area contributed by atoms with Crippen molar-refractivity contribution in [1.82, 2.24) is 15.6 Å². The van der Waals surface area contributed by atoms with E-state index in [1.165, 1.54) is 5.56 Å². The van der Waals surface area contributed by atoms with Gasteiger partial charge in [-0.25, -0.2) is 0 Å². The highest BCUT2D eigenvalue weighted by Gasteiger charge is 2.34. The van der Waals surface area contributed by atoms with Crippen molar-refractivity contribution in [3.63, 3.8) is 0 Å². The molecular formula is C17H28N4O2. The minimum atomic E-state index is 0.0211. The van der Waals surface area contributed by atoms with E-state index in [1.54, 1.807) is 7.05 Å². The van der Waals surface area contributed by atoms with Gasteiger partial charge in [0.05, 0.1) is 6.61 Å². The second kappa shape index (κ2) is 8.84. The average molecular weight is 320 g/mol. The first-order valence-electron chi connectivity index (χ1n) is 8.22. The van der Waals surface area contributed by atoms with Crippen LogP contribution < -0.4 is 10.6 Å². The number of pyridine rings is 1. The zero-order valence-corrected chi connectivity index (χ0v) is 14.1. The molecule has 3 N–H and O–H groups in total. The number of aliphatic hydroxyl groups is 1. The fraction of sp³-hybridized carbons (Fsp3) is 0.647. The van der Waals surface area contributed by atoms with Crippen LogP contribution in [-0.2, 0) is 11.2 Å². The van der Waals surface area contributed by atoms with E-state index >= 15 is 0 Å². The SMILES string of the molecule is CN=C(NCCc1ccc(C)nc1)NCC1(CCO)CCOC1. The summed E-state index contributed by atoms with van der Waals surface area (Å²) < 4.78 is 5.51. The molecular weight excluding hydrogens is 292 g/mol. The lowest BCUT2D eigenvalue weighted by molar-refractivity contribution is 0.127. The second-order valence-electron chi connectivity index (χ2n) is 6.19. The molecule has 1 unspecified atom stereocenters. The minimum absolute atomic E-state index is 0.0211. The highest BCUT2D eigenvalue weighted by Crippen LogP contribution is 2.31. The lowest BCUT2D eigenvalue weighted by atomic mass is 9.84. The summed E-state index contributed by atoms with van der Waals surface area (Å²) in [5.74, 6) is 0.786. The van der Waals surface area contributed by atoms with E-state index in [-0.39, 0.29) is 12.0 Å². The molecule has 6 nitrogen and oxygen atoms in total. The van der Waals surface area contributed by atoms with E-state index in [1.807, 2.05) is 19.2 Å². The number of nitrogens with one attached hydrogen (secondary N) is 2. The van der Waals surface area contributed by atoms with Crippen LogP contribution in [0.3, 0.4) is 0 Å². The van der Waals surface area contributed by atoms with Gasteiger partial charge in [0.25, 0.3) is 0 Å². The van der Waals surface area contributed by atoms with Gasteiger partial charge in [0.15, 0.2) is 5.96 Å². The third-order valence-corrected chi connectivity index (χ3v) is 4.36. The Morgan fingerprint density at radius 3 is 2.91 bits per heavy atom. The number of guanidine groups is 1. The molecule has 23 heavy (non-hydrogen) atoms. The predicted molar refractivity (Wildman–Crippen MR) is 91.6 cm³/mol. The Morgan fingerprint density at radius 1 is 1.43 bits per heavy atom. The standard InChI is InChI=1S/C17H28N4O2/c1-14-3-4-15(11-20-14)5-8-19-16(18-2)21-12-17(6-9-22)7-10-23-13-17/h3-4,11,22H,5-10,12-13H2,1-2H3,(H2,18,19,21). The summed E-state index contributed by atoms with van der Waals surface area (Å²) in [6.07, 6.45) is 4.55. The van der Waals surface area contributed by atoms with Crippen LogP contribution in [-0.4, -0.2) is 56.0 Å². The van der Waals surface area contributed by atoms with Gasteiger partial charge >= 0.3 is 0 Å². The van der Waals surface area contributed by atoms with Crippen LogP contribution in [0.4, 0.5) is 0 Å². The highest BCUT2D eigenvalue weighted by molar-refractivity contribution is 5.79. The van der Waals surface area contributed by atoms with Crippen LogP contribution in [0.2, 0.25) is 0 Å². The third kappa shape index (κ3) is 5.48. The molecule has 0 amide bonds. The number of rotatable bonds is 7. The topological polar surface area (TPSA) is 78.8 Å². The third-order valence-electron chi connectivity index (χ3n) is 4.36. The van der Waals surface area contributed by atoms with Gasteiger partial charge in [0.1, 0.15) is 0 Å². The monoisotopic (exact) mass is 320 g/mol. The number of aliphatic hydroxyl groups excluding tert-OH is 1. The predicted octanol–water partition coefficient (Wildman–Crippen LogP) is 0.887. The van der Waals surface area contributed by atoms with Gasteiger partial charge in [0.2, 0.25) is 0 Å². The lowest BCUT2D eigenvalue weighted by Crippen LogP contribution is -2.45. The number of aryl methyl sites for hydroxylation is 1. The number of hydrogen-bond acceptors (Lipinski definition) is 4. The molecule has 0 aromatic carbocycles. The van der Waals surface area contributed by atoms with Crippen LogP contribution in [0.15, 0.2) is 23.3 Å². The number of aromatic nitrogens is 1. The maximum absolute atomic E-state index is 9.27. The molecule has 0 aliphatic carbocycles. The molecule has 1 saturated heterocycles. The fourth-order valence-corrected chi connectivity index (χ4v) is 2.78. The Morgan fingerprint density at radius 2 is 2.30 bits per heavy atom. The quantitative estimate of drug-likeness (QED) is 0.514. The number of nitrogens with zero attached hydrogens (tertiary/aromatic N) is 2. The van der Waals surface area contributed by atoms with Crippen LogP contribution in [0.5, 0.6) is 0 Å². The molecule has 1 aromatic heterocycles. The Hall–Kier alpha value is -1.66. The summed E-state index contributed by atoms with van der Waals surface area (Å²) >= 11 is 0. The van der Waals surface area contributed by atoms with E-state index in [2.05, 4.69) is 26.7 Å². The molecule has 1 atom stereocenters. The highest BCUT2D eigenvalue weighted by atomic mass is 16.5. The Balaban J connectivity index is 1.75. The van der Waals surface area contributed by atoms with E-state index in [9.17, 15) is 5.11 Å². The molecule has 6 heteroatoms. The molecule has 2 rings (SSSR count). The Bertz CT molecular complexity index is 496. The van der Waals surface area contributed by atoms with E-state index in [4.69, 9.17) is 4.74 Å². The van der Waals surface area contributed by atoms with Crippen molar-refractivity contribution < 1.29 is 9.84 Å². The summed E-state index contributed by atoms with van der Waals surface area (Å²) in [4.78, 5) is 8.57. The van der Waals surface area contributed by atoms with Crippen molar-refractivity contribution in [3.8, 4) is 0 Å². The van der Waals surface area contributed by atoms with Crippen molar-refractivity contribution in [2.75, 3.05) is 40.0 Å². The number of hydrogen-bond donors (Lipinski definition) is 3. The summed E-state index contributed by atoms with van der Waals surface area (Å²) in [6.45, 7) is 5.22. The minimum Gasteiger partial charge on any atom is -0.396 e. The van der Waals surface area contributed by atoms with Crippen molar-refractivity contribution in [1.29, 1.82) is 0 Å². The van der Waals surface area contributed by atoms with Gasteiger partial charge in [-0.15, -0.1) is 0 Å². The zero-order valence-electron chi connectivity index (χ0n) is 14.1. The van der Waals surface area contributed by atoms with E-state index < -0.39 is 0 Å². The van der Waals surface area contributed by atoms with Gasteiger partial charge in [0, 0.05) is 50.7 Å². The average Bonchev–Trinajstić information content (AvgIpc) is 3.02. The van der Waals surface area contributed by atoms with Crippen LogP contribution in [0, 0.1) is 12.3 Å². The van der Waals surface area contributed by atoms with Crippen LogP contribution in [0.1, 0.15) is 24.1 Å². The summed E-state index contributed by atoms with van der Waals surface area (Å²) in [7, 11) is 1.77. The molecule has 1 aliphatic heterocycles. The lowest BCUT2D eigenvalue weighted by Gasteiger charge is -2.27.